The van der Waals surface area contributed by atoms with E-state index in [1.54, 1.807) is 0 Å². The van der Waals surface area contributed by atoms with Gasteiger partial charge < -0.3 is 5.11 Å². The summed E-state index contributed by atoms with van der Waals surface area (Å²) >= 11 is 6.00. The average Bonchev–Trinajstić information content (AvgIpc) is 2.28. The molecule has 100 valence electrons. The second-order valence-electron chi connectivity index (χ2n) is 4.64. The first kappa shape index (κ1) is 15.0. The van der Waals surface area contributed by atoms with E-state index in [-0.39, 0.29) is 18.6 Å². The maximum atomic E-state index is 11.0. The number of carboxylic acid groups (broad SMARTS) is 1. The van der Waals surface area contributed by atoms with Gasteiger partial charge >= 0.3 is 5.97 Å². The third kappa shape index (κ3) is 4.00. The molecule has 0 aromatic heterocycles. The van der Waals surface area contributed by atoms with Crippen LogP contribution in [-0.4, -0.2) is 28.6 Å². The monoisotopic (exact) mass is 269 g/mol. The zero-order valence-corrected chi connectivity index (χ0v) is 11.8. The van der Waals surface area contributed by atoms with Gasteiger partial charge in [-0.15, -0.1) is 0 Å². The van der Waals surface area contributed by atoms with Crippen molar-refractivity contribution in [2.75, 3.05) is 6.54 Å². The zero-order valence-electron chi connectivity index (χ0n) is 11.1. The molecule has 1 aromatic rings. The molecule has 18 heavy (non-hydrogen) atoms. The van der Waals surface area contributed by atoms with Crippen LogP contribution in [0.4, 0.5) is 0 Å². The molecule has 0 amide bonds. The predicted molar refractivity (Wildman–Crippen MR) is 74.0 cm³/mol. The highest BCUT2D eigenvalue weighted by molar-refractivity contribution is 6.30. The standard InChI is InChI=1S/C14H20ClNO2/c1-4-13(11-6-5-7-12(15)8-11)16(10(2)3)9-14(17)18/h5-8,10,13H,4,9H2,1-3H3,(H,17,18). The highest BCUT2D eigenvalue weighted by Gasteiger charge is 2.23. The van der Waals surface area contributed by atoms with E-state index in [9.17, 15) is 4.79 Å². The van der Waals surface area contributed by atoms with Crippen LogP contribution >= 0.6 is 11.6 Å². The summed E-state index contributed by atoms with van der Waals surface area (Å²) in [6, 6.07) is 7.89. The Balaban J connectivity index is 3.01. The molecule has 0 aliphatic heterocycles. The molecule has 1 aromatic carbocycles. The van der Waals surface area contributed by atoms with Crippen molar-refractivity contribution >= 4 is 17.6 Å². The molecule has 0 aliphatic carbocycles. The SMILES string of the molecule is CCC(c1cccc(Cl)c1)N(CC(=O)O)C(C)C. The lowest BCUT2D eigenvalue weighted by atomic mass is 10.0. The molecule has 1 unspecified atom stereocenters. The van der Waals surface area contributed by atoms with Crippen LogP contribution < -0.4 is 0 Å². The highest BCUT2D eigenvalue weighted by Crippen LogP contribution is 2.27. The van der Waals surface area contributed by atoms with Gasteiger partial charge in [0.1, 0.15) is 0 Å². The third-order valence-corrected chi connectivity index (χ3v) is 3.24. The number of aliphatic carboxylic acids is 1. The summed E-state index contributed by atoms with van der Waals surface area (Å²) in [4.78, 5) is 12.9. The van der Waals surface area contributed by atoms with E-state index >= 15 is 0 Å². The van der Waals surface area contributed by atoms with Crippen LogP contribution in [0.25, 0.3) is 0 Å². The summed E-state index contributed by atoms with van der Waals surface area (Å²) in [6.07, 6.45) is 0.853. The maximum absolute atomic E-state index is 11.0. The van der Waals surface area contributed by atoms with E-state index in [4.69, 9.17) is 16.7 Å². The summed E-state index contributed by atoms with van der Waals surface area (Å²) in [7, 11) is 0. The van der Waals surface area contributed by atoms with Crippen molar-refractivity contribution in [2.45, 2.75) is 39.3 Å². The van der Waals surface area contributed by atoms with Crippen LogP contribution in [-0.2, 0) is 4.79 Å². The summed E-state index contributed by atoms with van der Waals surface area (Å²) in [6.45, 7) is 6.12. The molecule has 0 radical (unpaired) electrons. The molecule has 0 heterocycles. The Morgan fingerprint density at radius 3 is 2.56 bits per heavy atom. The molecular formula is C14H20ClNO2. The van der Waals surface area contributed by atoms with Crippen molar-refractivity contribution in [3.8, 4) is 0 Å². The number of hydrogen-bond donors (Lipinski definition) is 1. The second kappa shape index (κ2) is 6.76. The lowest BCUT2D eigenvalue weighted by Crippen LogP contribution is -2.38. The molecule has 0 saturated heterocycles. The number of carbonyl (C=O) groups is 1. The van der Waals surface area contributed by atoms with E-state index in [1.807, 2.05) is 43.0 Å². The minimum Gasteiger partial charge on any atom is -0.480 e. The van der Waals surface area contributed by atoms with Gasteiger partial charge in [-0.2, -0.15) is 0 Å². The Bertz CT molecular complexity index is 407. The highest BCUT2D eigenvalue weighted by atomic mass is 35.5. The van der Waals surface area contributed by atoms with Crippen molar-refractivity contribution in [1.82, 2.24) is 4.90 Å². The van der Waals surface area contributed by atoms with E-state index in [0.29, 0.717) is 5.02 Å². The molecule has 1 atom stereocenters. The van der Waals surface area contributed by atoms with Gasteiger partial charge in [-0.1, -0.05) is 30.7 Å². The van der Waals surface area contributed by atoms with Crippen LogP contribution in [0.1, 0.15) is 38.8 Å². The minimum atomic E-state index is -0.802. The summed E-state index contributed by atoms with van der Waals surface area (Å²) in [5, 5.41) is 9.70. The van der Waals surface area contributed by atoms with Gasteiger partial charge in [0.15, 0.2) is 0 Å². The Hall–Kier alpha value is -1.06. The van der Waals surface area contributed by atoms with E-state index in [1.165, 1.54) is 0 Å². The zero-order chi connectivity index (χ0) is 13.7. The molecule has 3 nitrogen and oxygen atoms in total. The Morgan fingerprint density at radius 1 is 1.44 bits per heavy atom. The quantitative estimate of drug-likeness (QED) is 0.858. The van der Waals surface area contributed by atoms with Crippen molar-refractivity contribution in [3.05, 3.63) is 34.9 Å². The number of nitrogens with zero attached hydrogens (tertiary/aromatic N) is 1. The van der Waals surface area contributed by atoms with Gasteiger partial charge in [-0.25, -0.2) is 0 Å². The van der Waals surface area contributed by atoms with Gasteiger partial charge in [-0.3, -0.25) is 9.69 Å². The van der Waals surface area contributed by atoms with Crippen LogP contribution in [0.2, 0.25) is 5.02 Å². The van der Waals surface area contributed by atoms with E-state index in [2.05, 4.69) is 6.92 Å². The molecule has 1 rings (SSSR count). The molecule has 0 spiro atoms. The van der Waals surface area contributed by atoms with Crippen LogP contribution in [0.5, 0.6) is 0 Å². The number of halogens is 1. The maximum Gasteiger partial charge on any atom is 0.317 e. The molecular weight excluding hydrogens is 250 g/mol. The van der Waals surface area contributed by atoms with Gasteiger partial charge in [0.2, 0.25) is 0 Å². The van der Waals surface area contributed by atoms with E-state index in [0.717, 1.165) is 12.0 Å². The fourth-order valence-electron chi connectivity index (χ4n) is 2.18. The van der Waals surface area contributed by atoms with E-state index < -0.39 is 5.97 Å². The first-order valence-electron chi connectivity index (χ1n) is 6.18. The summed E-state index contributed by atoms with van der Waals surface area (Å²) in [5.74, 6) is -0.802. The molecule has 0 fully saturated rings. The van der Waals surface area contributed by atoms with Gasteiger partial charge in [0.05, 0.1) is 6.54 Å². The van der Waals surface area contributed by atoms with Crippen LogP contribution in [0.15, 0.2) is 24.3 Å². The molecule has 0 aliphatic rings. The van der Waals surface area contributed by atoms with Crippen molar-refractivity contribution in [2.24, 2.45) is 0 Å². The summed E-state index contributed by atoms with van der Waals surface area (Å²) < 4.78 is 0. The lowest BCUT2D eigenvalue weighted by molar-refractivity contribution is -0.139. The first-order chi connectivity index (χ1) is 8.45. The van der Waals surface area contributed by atoms with Crippen LogP contribution in [0, 0.1) is 0 Å². The Morgan fingerprint density at radius 2 is 2.11 bits per heavy atom. The average molecular weight is 270 g/mol. The Labute approximate surface area is 113 Å². The van der Waals surface area contributed by atoms with Gasteiger partial charge in [-0.05, 0) is 38.0 Å². The summed E-state index contributed by atoms with van der Waals surface area (Å²) in [5.41, 5.74) is 1.07. The molecule has 4 heteroatoms. The number of benzene rings is 1. The first-order valence-corrected chi connectivity index (χ1v) is 6.56. The molecule has 0 saturated carbocycles. The van der Waals surface area contributed by atoms with Crippen molar-refractivity contribution < 1.29 is 9.90 Å². The Kier molecular flexibility index (Phi) is 5.63. The fourth-order valence-corrected chi connectivity index (χ4v) is 2.38. The predicted octanol–water partition coefficient (Wildman–Crippen LogP) is 3.59. The normalized spacial score (nSPS) is 13.0. The molecule has 0 bridgehead atoms. The van der Waals surface area contributed by atoms with Crippen molar-refractivity contribution in [3.63, 3.8) is 0 Å². The number of hydrogen-bond acceptors (Lipinski definition) is 2. The number of carboxylic acids is 1. The van der Waals surface area contributed by atoms with Crippen molar-refractivity contribution in [1.29, 1.82) is 0 Å². The van der Waals surface area contributed by atoms with Gasteiger partial charge in [0, 0.05) is 17.1 Å². The third-order valence-electron chi connectivity index (χ3n) is 3.00. The molecule has 1 N–H and O–H groups in total. The largest absolute Gasteiger partial charge is 0.480 e. The van der Waals surface area contributed by atoms with Gasteiger partial charge in [0.25, 0.3) is 0 Å². The smallest absolute Gasteiger partial charge is 0.317 e. The second-order valence-corrected chi connectivity index (χ2v) is 5.08. The van der Waals surface area contributed by atoms with Crippen LogP contribution in [0.3, 0.4) is 0 Å². The number of rotatable bonds is 6. The lowest BCUT2D eigenvalue weighted by Gasteiger charge is -2.33. The minimum absolute atomic E-state index is 0.0443. The topological polar surface area (TPSA) is 40.5 Å². The fraction of sp³-hybridized carbons (Fsp3) is 0.500.